The van der Waals surface area contributed by atoms with Crippen LogP contribution < -0.4 is 16.6 Å². The summed E-state index contributed by atoms with van der Waals surface area (Å²) in [5.41, 5.74) is 7.51. The molecule has 0 amide bonds. The van der Waals surface area contributed by atoms with E-state index in [-0.39, 0.29) is 22.8 Å². The molecule has 2 aromatic heterocycles. The number of nitrogens with one attached hydrogen (secondary N) is 1. The van der Waals surface area contributed by atoms with E-state index >= 15 is 0 Å². The van der Waals surface area contributed by atoms with Crippen LogP contribution >= 0.6 is 11.8 Å². The van der Waals surface area contributed by atoms with Gasteiger partial charge in [-0.3, -0.25) is 9.36 Å². The van der Waals surface area contributed by atoms with Crippen LogP contribution in [0.5, 0.6) is 0 Å². The molecule has 0 unspecified atom stereocenters. The van der Waals surface area contributed by atoms with Crippen LogP contribution in [0, 0.1) is 0 Å². The normalized spacial score (nSPS) is 14.5. The summed E-state index contributed by atoms with van der Waals surface area (Å²) < 4.78 is 1.82. The molecular formula is C22H21N7OS. The Hall–Kier alpha value is -3.46. The average molecular weight is 432 g/mol. The monoisotopic (exact) mass is 431 g/mol. The Labute approximate surface area is 183 Å². The van der Waals surface area contributed by atoms with Crippen LogP contribution in [-0.4, -0.2) is 24.5 Å². The molecule has 156 valence electrons. The molecule has 9 heteroatoms. The maximum Gasteiger partial charge on any atom is 0.262 e. The second kappa shape index (κ2) is 7.99. The van der Waals surface area contributed by atoms with Crippen LogP contribution in [0.2, 0.25) is 0 Å². The molecule has 0 aliphatic heterocycles. The van der Waals surface area contributed by atoms with Crippen molar-refractivity contribution in [1.29, 1.82) is 0 Å². The molecule has 0 spiro atoms. The van der Waals surface area contributed by atoms with Gasteiger partial charge >= 0.3 is 0 Å². The summed E-state index contributed by atoms with van der Waals surface area (Å²) in [6, 6.07) is 17.3. The first-order valence-electron chi connectivity index (χ1n) is 10.1. The smallest absolute Gasteiger partial charge is 0.262 e. The minimum atomic E-state index is -0.181. The van der Waals surface area contributed by atoms with Gasteiger partial charge in [-0.2, -0.15) is 15.0 Å². The van der Waals surface area contributed by atoms with E-state index in [2.05, 4.69) is 20.3 Å². The highest BCUT2D eigenvalue weighted by atomic mass is 32.2. The summed E-state index contributed by atoms with van der Waals surface area (Å²) in [6.45, 7) is 1.98. The molecule has 1 aliphatic rings. The molecule has 31 heavy (non-hydrogen) atoms. The number of aromatic nitrogens is 5. The molecule has 4 aromatic rings. The molecule has 0 radical (unpaired) electrons. The number of anilines is 3. The zero-order chi connectivity index (χ0) is 21.4. The fraction of sp³-hybridized carbons (Fsp3) is 0.227. The van der Waals surface area contributed by atoms with E-state index in [9.17, 15) is 4.79 Å². The van der Waals surface area contributed by atoms with Gasteiger partial charge in [-0.25, -0.2) is 4.98 Å². The molecule has 2 aromatic carbocycles. The number of para-hydroxylation sites is 2. The minimum Gasteiger partial charge on any atom is -0.368 e. The van der Waals surface area contributed by atoms with Crippen LogP contribution in [-0.2, 0) is 0 Å². The third-order valence-electron chi connectivity index (χ3n) is 5.03. The quantitative estimate of drug-likeness (QED) is 0.347. The van der Waals surface area contributed by atoms with Crippen molar-refractivity contribution in [2.45, 2.75) is 36.2 Å². The standard InChI is InChI=1S/C22H21N7OS/c1-13(18-26-20(23)28-21(27-18)24-14-7-3-2-4-8-14)31-22-25-17-10-6-5-9-16(17)19(30)29(22)15-11-12-15/h2-10,13,15H,11-12H2,1H3,(H3,23,24,26,27,28)/t13-/m1/s1. The Kier molecular flexibility index (Phi) is 5.03. The molecule has 5 rings (SSSR count). The van der Waals surface area contributed by atoms with Gasteiger partial charge < -0.3 is 11.1 Å². The second-order valence-electron chi connectivity index (χ2n) is 7.44. The lowest BCUT2D eigenvalue weighted by molar-refractivity contribution is 0.616. The van der Waals surface area contributed by atoms with Crippen molar-refractivity contribution < 1.29 is 0 Å². The molecule has 3 N–H and O–H groups in total. The van der Waals surface area contributed by atoms with Gasteiger partial charge in [0.2, 0.25) is 11.9 Å². The lowest BCUT2D eigenvalue weighted by Gasteiger charge is -2.16. The lowest BCUT2D eigenvalue weighted by atomic mass is 10.2. The number of nitrogens with zero attached hydrogens (tertiary/aromatic N) is 5. The summed E-state index contributed by atoms with van der Waals surface area (Å²) in [4.78, 5) is 31.0. The Bertz CT molecular complexity index is 1300. The van der Waals surface area contributed by atoms with E-state index < -0.39 is 0 Å². The van der Waals surface area contributed by atoms with E-state index in [1.807, 2.05) is 66.1 Å². The average Bonchev–Trinajstić information content (AvgIpc) is 3.59. The first kappa shape index (κ1) is 19.5. The molecule has 2 heterocycles. The van der Waals surface area contributed by atoms with Gasteiger partial charge in [-0.15, -0.1) is 0 Å². The first-order valence-corrected chi connectivity index (χ1v) is 11.0. The van der Waals surface area contributed by atoms with Crippen LogP contribution in [0.25, 0.3) is 10.9 Å². The molecular weight excluding hydrogens is 410 g/mol. The number of fused-ring (bicyclic) bond motifs is 1. The molecule has 0 saturated heterocycles. The molecule has 8 nitrogen and oxygen atoms in total. The van der Waals surface area contributed by atoms with E-state index in [1.54, 1.807) is 0 Å². The van der Waals surface area contributed by atoms with Crippen molar-refractivity contribution in [2.24, 2.45) is 0 Å². The van der Waals surface area contributed by atoms with Crippen molar-refractivity contribution in [3.05, 3.63) is 70.8 Å². The fourth-order valence-electron chi connectivity index (χ4n) is 3.37. The second-order valence-corrected chi connectivity index (χ2v) is 8.75. The molecule has 1 atom stereocenters. The Morgan fingerprint density at radius 1 is 1.03 bits per heavy atom. The Morgan fingerprint density at radius 3 is 2.55 bits per heavy atom. The number of thioether (sulfide) groups is 1. The van der Waals surface area contributed by atoms with Gasteiger partial charge in [0.25, 0.3) is 5.56 Å². The number of hydrogen-bond acceptors (Lipinski definition) is 8. The summed E-state index contributed by atoms with van der Waals surface area (Å²) in [6.07, 6.45) is 1.98. The number of rotatable bonds is 6. The van der Waals surface area contributed by atoms with Crippen LogP contribution in [0.15, 0.2) is 64.5 Å². The zero-order valence-corrected chi connectivity index (χ0v) is 17.7. The van der Waals surface area contributed by atoms with E-state index in [4.69, 9.17) is 10.7 Å². The van der Waals surface area contributed by atoms with E-state index in [1.165, 1.54) is 11.8 Å². The summed E-state index contributed by atoms with van der Waals surface area (Å²) >= 11 is 1.46. The third-order valence-corrected chi connectivity index (χ3v) is 6.10. The lowest BCUT2D eigenvalue weighted by Crippen LogP contribution is -2.22. The van der Waals surface area contributed by atoms with Gasteiger partial charge in [0, 0.05) is 11.7 Å². The number of nitrogens with two attached hydrogens (primary N) is 1. The maximum absolute atomic E-state index is 13.1. The Morgan fingerprint density at radius 2 is 1.77 bits per heavy atom. The third kappa shape index (κ3) is 4.09. The van der Waals surface area contributed by atoms with Crippen molar-refractivity contribution in [2.75, 3.05) is 11.1 Å². The van der Waals surface area contributed by atoms with Crippen molar-refractivity contribution >= 4 is 40.2 Å². The predicted molar refractivity (Wildman–Crippen MR) is 123 cm³/mol. The van der Waals surface area contributed by atoms with Gasteiger partial charge in [0.05, 0.1) is 16.2 Å². The summed E-state index contributed by atoms with van der Waals surface area (Å²) in [5, 5.41) is 4.29. The molecule has 1 saturated carbocycles. The highest BCUT2D eigenvalue weighted by molar-refractivity contribution is 7.99. The minimum absolute atomic E-state index is 0.00407. The highest BCUT2D eigenvalue weighted by Gasteiger charge is 2.29. The zero-order valence-electron chi connectivity index (χ0n) is 16.9. The highest BCUT2D eigenvalue weighted by Crippen LogP contribution is 2.40. The van der Waals surface area contributed by atoms with E-state index in [0.717, 1.165) is 18.5 Å². The fourth-order valence-corrected chi connectivity index (χ4v) is 4.40. The van der Waals surface area contributed by atoms with Crippen molar-refractivity contribution in [3.63, 3.8) is 0 Å². The Balaban J connectivity index is 1.48. The predicted octanol–water partition coefficient (Wildman–Crippen LogP) is 4.10. The van der Waals surface area contributed by atoms with Crippen molar-refractivity contribution in [1.82, 2.24) is 24.5 Å². The molecule has 1 aliphatic carbocycles. The van der Waals surface area contributed by atoms with Gasteiger partial charge in [-0.05, 0) is 44.0 Å². The van der Waals surface area contributed by atoms with Gasteiger partial charge in [0.1, 0.15) is 5.82 Å². The van der Waals surface area contributed by atoms with Gasteiger partial charge in [0.15, 0.2) is 5.16 Å². The largest absolute Gasteiger partial charge is 0.368 e. The summed E-state index contributed by atoms with van der Waals surface area (Å²) in [5.74, 6) is 1.05. The topological polar surface area (TPSA) is 112 Å². The van der Waals surface area contributed by atoms with Crippen molar-refractivity contribution in [3.8, 4) is 0 Å². The maximum atomic E-state index is 13.1. The number of benzene rings is 2. The van der Waals surface area contributed by atoms with E-state index in [0.29, 0.717) is 27.8 Å². The van der Waals surface area contributed by atoms with Crippen LogP contribution in [0.3, 0.4) is 0 Å². The number of nitrogen functional groups attached to an aromatic ring is 1. The van der Waals surface area contributed by atoms with Crippen LogP contribution in [0.4, 0.5) is 17.6 Å². The van der Waals surface area contributed by atoms with Gasteiger partial charge in [-0.1, -0.05) is 42.1 Å². The summed E-state index contributed by atoms with van der Waals surface area (Å²) in [7, 11) is 0. The SMILES string of the molecule is C[C@@H](Sc1nc2ccccc2c(=O)n1C1CC1)c1nc(N)nc(Nc2ccccc2)n1. The van der Waals surface area contributed by atoms with Crippen LogP contribution in [0.1, 0.15) is 36.9 Å². The molecule has 1 fully saturated rings. The number of hydrogen-bond donors (Lipinski definition) is 2. The first-order chi connectivity index (χ1) is 15.1. The molecule has 0 bridgehead atoms.